The molecule has 6 heteroatoms. The van der Waals surface area contributed by atoms with E-state index in [1.807, 2.05) is 32.9 Å². The summed E-state index contributed by atoms with van der Waals surface area (Å²) >= 11 is 1.46. The molecule has 2 heterocycles. The van der Waals surface area contributed by atoms with Gasteiger partial charge in [-0.05, 0) is 39.3 Å². The van der Waals surface area contributed by atoms with E-state index in [0.29, 0.717) is 0 Å². The summed E-state index contributed by atoms with van der Waals surface area (Å²) < 4.78 is 5.62. The molecule has 0 saturated carbocycles. The number of aromatic nitrogens is 2. The van der Waals surface area contributed by atoms with Crippen molar-refractivity contribution in [2.24, 2.45) is 0 Å². The van der Waals surface area contributed by atoms with Gasteiger partial charge in [0.05, 0.1) is 5.69 Å². The third-order valence-electron chi connectivity index (χ3n) is 3.47. The molecular weight excluding hydrogens is 310 g/mol. The smallest absolute Gasteiger partial charge is 0.415 e. The average Bonchev–Trinajstić information content (AvgIpc) is 2.88. The van der Waals surface area contributed by atoms with Crippen LogP contribution in [0.15, 0.2) is 24.5 Å². The van der Waals surface area contributed by atoms with Crippen LogP contribution < -0.4 is 4.90 Å². The van der Waals surface area contributed by atoms with E-state index in [0.717, 1.165) is 34.1 Å². The van der Waals surface area contributed by atoms with Gasteiger partial charge in [0.1, 0.15) is 15.6 Å². The normalized spacial score (nSPS) is 11.3. The summed E-state index contributed by atoms with van der Waals surface area (Å²) in [7, 11) is 1.72. The van der Waals surface area contributed by atoms with Crippen LogP contribution in [0.1, 0.15) is 39.3 Å². The molecule has 0 aliphatic heterocycles. The summed E-state index contributed by atoms with van der Waals surface area (Å²) in [6.07, 6.45) is 4.94. The number of carbonyl (C=O) groups excluding carboxylic acids is 1. The van der Waals surface area contributed by atoms with E-state index < -0.39 is 5.60 Å². The number of aryl methyl sites for hydroxylation is 1. The number of anilines is 1. The van der Waals surface area contributed by atoms with Crippen molar-refractivity contribution >= 4 is 22.4 Å². The summed E-state index contributed by atoms with van der Waals surface area (Å²) in [5.41, 5.74) is 1.28. The fourth-order valence-corrected chi connectivity index (χ4v) is 3.36. The first-order valence-corrected chi connectivity index (χ1v) is 8.50. The van der Waals surface area contributed by atoms with Crippen LogP contribution in [-0.2, 0) is 4.74 Å². The van der Waals surface area contributed by atoms with Gasteiger partial charge in [-0.15, -0.1) is 0 Å². The van der Waals surface area contributed by atoms with E-state index in [1.54, 1.807) is 19.4 Å². The van der Waals surface area contributed by atoms with Crippen molar-refractivity contribution in [3.05, 3.63) is 30.2 Å². The quantitative estimate of drug-likeness (QED) is 0.798. The molecule has 0 bridgehead atoms. The van der Waals surface area contributed by atoms with Crippen LogP contribution >= 0.6 is 11.3 Å². The summed E-state index contributed by atoms with van der Waals surface area (Å²) in [5.74, 6) is 0. The Morgan fingerprint density at radius 3 is 2.78 bits per heavy atom. The number of hydrogen-bond acceptors (Lipinski definition) is 5. The van der Waals surface area contributed by atoms with Gasteiger partial charge in [0.15, 0.2) is 0 Å². The zero-order valence-corrected chi connectivity index (χ0v) is 15.1. The largest absolute Gasteiger partial charge is 0.443 e. The molecular formula is C17H23N3O2S. The fourth-order valence-electron chi connectivity index (χ4n) is 2.35. The van der Waals surface area contributed by atoms with Gasteiger partial charge in [0.2, 0.25) is 0 Å². The summed E-state index contributed by atoms with van der Waals surface area (Å²) in [6.45, 7) is 7.84. The maximum Gasteiger partial charge on any atom is 0.415 e. The predicted molar refractivity (Wildman–Crippen MR) is 94.0 cm³/mol. The van der Waals surface area contributed by atoms with Crippen molar-refractivity contribution in [2.75, 3.05) is 11.9 Å². The summed E-state index contributed by atoms with van der Waals surface area (Å²) in [4.78, 5) is 22.6. The van der Waals surface area contributed by atoms with Crippen LogP contribution in [0.3, 0.4) is 0 Å². The lowest BCUT2D eigenvalue weighted by atomic mass is 10.0. The molecule has 2 rings (SSSR count). The molecule has 1 amide bonds. The van der Waals surface area contributed by atoms with Crippen molar-refractivity contribution in [3.8, 4) is 10.6 Å². The minimum Gasteiger partial charge on any atom is -0.443 e. The Hall–Kier alpha value is -1.95. The van der Waals surface area contributed by atoms with Gasteiger partial charge in [0, 0.05) is 25.0 Å². The van der Waals surface area contributed by atoms with Gasteiger partial charge in [-0.25, -0.2) is 9.78 Å². The Morgan fingerprint density at radius 1 is 1.43 bits per heavy atom. The number of thiazole rings is 1. The van der Waals surface area contributed by atoms with E-state index >= 15 is 0 Å². The lowest BCUT2D eigenvalue weighted by Crippen LogP contribution is -2.35. The monoisotopic (exact) mass is 333 g/mol. The lowest BCUT2D eigenvalue weighted by molar-refractivity contribution is 0.0378. The number of carbonyl (C=O) groups is 1. The maximum atomic E-state index is 12.4. The molecule has 0 aliphatic rings. The molecule has 0 spiro atoms. The Bertz CT molecular complexity index is 668. The standard InChI is InChI=1S/C17H23N3O2S/c1-6-9-17(3,4)22-16(21)20(5)15-12(2)19-14(23-15)13-8-7-10-18-11-13/h7-8,10-11H,6,9H2,1-5H3. The Kier molecular flexibility index (Phi) is 5.36. The molecule has 0 aliphatic carbocycles. The number of hydrogen-bond donors (Lipinski definition) is 0. The van der Waals surface area contributed by atoms with Crippen molar-refractivity contribution in [3.63, 3.8) is 0 Å². The first kappa shape index (κ1) is 17.4. The molecule has 23 heavy (non-hydrogen) atoms. The van der Waals surface area contributed by atoms with Crippen molar-refractivity contribution in [1.82, 2.24) is 9.97 Å². The van der Waals surface area contributed by atoms with E-state index in [4.69, 9.17) is 4.74 Å². The van der Waals surface area contributed by atoms with Gasteiger partial charge in [-0.1, -0.05) is 24.7 Å². The van der Waals surface area contributed by atoms with Crippen LogP contribution in [0, 0.1) is 6.92 Å². The second-order valence-electron chi connectivity index (χ2n) is 6.09. The number of nitrogens with zero attached hydrogens (tertiary/aromatic N) is 3. The van der Waals surface area contributed by atoms with E-state index in [-0.39, 0.29) is 6.09 Å². The zero-order valence-electron chi connectivity index (χ0n) is 14.3. The second kappa shape index (κ2) is 7.08. The summed E-state index contributed by atoms with van der Waals surface area (Å²) in [5, 5.41) is 1.64. The van der Waals surface area contributed by atoms with Crippen molar-refractivity contribution in [2.45, 2.75) is 46.1 Å². The molecule has 5 nitrogen and oxygen atoms in total. The highest BCUT2D eigenvalue weighted by Crippen LogP contribution is 2.34. The predicted octanol–water partition coefficient (Wildman–Crippen LogP) is 4.67. The molecule has 0 aromatic carbocycles. The van der Waals surface area contributed by atoms with Gasteiger partial charge in [0.25, 0.3) is 0 Å². The molecule has 124 valence electrons. The SMILES string of the molecule is CCCC(C)(C)OC(=O)N(C)c1sc(-c2cccnc2)nc1C. The van der Waals surface area contributed by atoms with Gasteiger partial charge in [-0.2, -0.15) is 0 Å². The van der Waals surface area contributed by atoms with Crippen LogP contribution in [0.2, 0.25) is 0 Å². The fraction of sp³-hybridized carbons (Fsp3) is 0.471. The van der Waals surface area contributed by atoms with E-state index in [9.17, 15) is 4.79 Å². The van der Waals surface area contributed by atoms with Crippen LogP contribution in [0.5, 0.6) is 0 Å². The number of pyridine rings is 1. The topological polar surface area (TPSA) is 55.3 Å². The van der Waals surface area contributed by atoms with E-state index in [2.05, 4.69) is 16.9 Å². The van der Waals surface area contributed by atoms with Gasteiger partial charge in [-0.3, -0.25) is 9.88 Å². The Labute approximate surface area is 141 Å². The van der Waals surface area contributed by atoms with E-state index in [1.165, 1.54) is 16.2 Å². The first-order chi connectivity index (χ1) is 10.8. The zero-order chi connectivity index (χ0) is 17.0. The molecule has 2 aromatic rings. The lowest BCUT2D eigenvalue weighted by Gasteiger charge is -2.27. The molecule has 0 unspecified atom stereocenters. The number of rotatable bonds is 5. The van der Waals surface area contributed by atoms with Crippen LogP contribution in [-0.4, -0.2) is 28.7 Å². The number of ether oxygens (including phenoxy) is 1. The van der Waals surface area contributed by atoms with Crippen molar-refractivity contribution < 1.29 is 9.53 Å². The highest BCUT2D eigenvalue weighted by Gasteiger charge is 2.26. The molecule has 2 aromatic heterocycles. The minimum atomic E-state index is -0.467. The molecule has 0 fully saturated rings. The first-order valence-electron chi connectivity index (χ1n) is 7.68. The van der Waals surface area contributed by atoms with Crippen LogP contribution in [0.25, 0.3) is 10.6 Å². The summed E-state index contributed by atoms with van der Waals surface area (Å²) in [6, 6.07) is 3.83. The minimum absolute atomic E-state index is 0.354. The Balaban J connectivity index is 2.18. The second-order valence-corrected chi connectivity index (χ2v) is 7.07. The molecule has 0 radical (unpaired) electrons. The molecule has 0 saturated heterocycles. The molecule has 0 atom stereocenters. The third-order valence-corrected chi connectivity index (χ3v) is 4.76. The van der Waals surface area contributed by atoms with Crippen LogP contribution in [0.4, 0.5) is 9.80 Å². The van der Waals surface area contributed by atoms with Crippen molar-refractivity contribution in [1.29, 1.82) is 0 Å². The highest BCUT2D eigenvalue weighted by molar-refractivity contribution is 7.19. The number of amides is 1. The third kappa shape index (κ3) is 4.28. The van der Waals surface area contributed by atoms with Gasteiger partial charge < -0.3 is 4.74 Å². The van der Waals surface area contributed by atoms with Gasteiger partial charge >= 0.3 is 6.09 Å². The Morgan fingerprint density at radius 2 is 2.17 bits per heavy atom. The average molecular weight is 333 g/mol. The highest BCUT2D eigenvalue weighted by atomic mass is 32.1. The maximum absolute atomic E-state index is 12.4. The molecule has 0 N–H and O–H groups in total.